The number of rotatable bonds is 6. The van der Waals surface area contributed by atoms with E-state index in [2.05, 4.69) is 114 Å². The number of aromatic nitrogens is 6. The van der Waals surface area contributed by atoms with E-state index in [0.29, 0.717) is 17.5 Å². The third-order valence-corrected chi connectivity index (χ3v) is 12.2. The number of para-hydroxylation sites is 1. The van der Waals surface area contributed by atoms with Gasteiger partial charge in [0.1, 0.15) is 11.5 Å². The molecular formula is C55H36N6O. The summed E-state index contributed by atoms with van der Waals surface area (Å²) in [5, 5.41) is 0. The average Bonchev–Trinajstić information content (AvgIpc) is 3.65. The third-order valence-electron chi connectivity index (χ3n) is 12.2. The zero-order valence-corrected chi connectivity index (χ0v) is 33.5. The predicted molar refractivity (Wildman–Crippen MR) is 244 cm³/mol. The number of benzene rings is 5. The number of hydrogen-bond acceptors (Lipinski definition) is 7. The van der Waals surface area contributed by atoms with E-state index < -0.39 is 5.41 Å². The minimum Gasteiger partial charge on any atom is -0.457 e. The number of ether oxygens (including phenoxy) is 1. The van der Waals surface area contributed by atoms with Gasteiger partial charge in [-0.3, -0.25) is 9.97 Å². The van der Waals surface area contributed by atoms with Crippen LogP contribution in [0.3, 0.4) is 0 Å². The van der Waals surface area contributed by atoms with Crippen molar-refractivity contribution < 1.29 is 4.74 Å². The molecule has 0 saturated heterocycles. The molecule has 4 aromatic heterocycles. The molecule has 0 saturated carbocycles. The molecule has 1 unspecified atom stereocenters. The highest BCUT2D eigenvalue weighted by Crippen LogP contribution is 2.64. The summed E-state index contributed by atoms with van der Waals surface area (Å²) in [4.78, 5) is 30.0. The van der Waals surface area contributed by atoms with Crippen LogP contribution in [0.4, 0.5) is 0 Å². The van der Waals surface area contributed by atoms with Gasteiger partial charge in [-0.15, -0.1) is 0 Å². The van der Waals surface area contributed by atoms with Gasteiger partial charge in [0.05, 0.1) is 22.5 Å². The van der Waals surface area contributed by atoms with Gasteiger partial charge in [0.15, 0.2) is 17.5 Å². The molecular weight excluding hydrogens is 761 g/mol. The second kappa shape index (κ2) is 14.5. The molecule has 7 heteroatoms. The van der Waals surface area contributed by atoms with Crippen LogP contribution in [0.25, 0.3) is 79.1 Å². The monoisotopic (exact) mass is 796 g/mol. The van der Waals surface area contributed by atoms with Gasteiger partial charge in [0.25, 0.3) is 0 Å². The number of pyridine rings is 3. The Morgan fingerprint density at radius 2 is 1.03 bits per heavy atom. The molecule has 0 amide bonds. The van der Waals surface area contributed by atoms with Crippen LogP contribution in [0.2, 0.25) is 0 Å². The van der Waals surface area contributed by atoms with Crippen LogP contribution >= 0.6 is 0 Å². The first-order valence-corrected chi connectivity index (χ1v) is 20.9. The normalized spacial score (nSPS) is 15.7. The molecule has 292 valence electrons. The molecule has 0 radical (unpaired) electrons. The Morgan fingerprint density at radius 3 is 1.76 bits per heavy atom. The molecule has 1 atom stereocenters. The second-order valence-corrected chi connectivity index (χ2v) is 15.7. The Labute approximate surface area is 358 Å². The number of allylic oxidation sites excluding steroid dienone is 3. The lowest BCUT2D eigenvalue weighted by molar-refractivity contribution is 0.383. The van der Waals surface area contributed by atoms with Gasteiger partial charge >= 0.3 is 0 Å². The summed E-state index contributed by atoms with van der Waals surface area (Å²) >= 11 is 0. The SMILES string of the molecule is C1=C2Oc3ccccc3C3(C2=CCC1)c1cccc(-c2cc(-c4ccncc4)nc(-c4ccccn4)c2)c1-c1c(-c2nc(-c4ccccc4)nc(-c4ccccc4)n2)cccc13. The maximum Gasteiger partial charge on any atom is 0.164 e. The van der Waals surface area contributed by atoms with Gasteiger partial charge < -0.3 is 4.74 Å². The van der Waals surface area contributed by atoms with Crippen molar-refractivity contribution in [2.75, 3.05) is 0 Å². The van der Waals surface area contributed by atoms with Crippen LogP contribution in [0, 0.1) is 0 Å². The standard InChI is InChI=1S/C55H36N6O/c1-3-15-36(16-4-1)52-59-53(37-17-5-2-6-18-37)61-54(60-52)40-20-14-24-44-51(40)50-39(38-33-46(35-28-31-56-32-29-35)58-47(34-38)45-25-11-12-30-57-45)19-13-23-43(50)55(44)41-21-7-9-26-48(41)62-49-27-10-8-22-42(49)55/h1-7,9,11-34H,8,10H2. The highest BCUT2D eigenvalue weighted by Gasteiger charge is 2.54. The Balaban J connectivity index is 1.20. The summed E-state index contributed by atoms with van der Waals surface area (Å²) in [6, 6.07) is 56.5. The zero-order chi connectivity index (χ0) is 41.0. The molecule has 0 bridgehead atoms. The van der Waals surface area contributed by atoms with Crippen molar-refractivity contribution in [3.05, 3.63) is 223 Å². The summed E-state index contributed by atoms with van der Waals surface area (Å²) in [6.45, 7) is 0. The minimum absolute atomic E-state index is 0.600. The molecule has 12 rings (SSSR count). The summed E-state index contributed by atoms with van der Waals surface area (Å²) in [5.41, 5.74) is 14.3. The van der Waals surface area contributed by atoms with Crippen LogP contribution in [-0.4, -0.2) is 29.9 Å². The van der Waals surface area contributed by atoms with Crippen molar-refractivity contribution in [1.29, 1.82) is 0 Å². The topological polar surface area (TPSA) is 86.6 Å². The van der Waals surface area contributed by atoms with Gasteiger partial charge in [0.2, 0.25) is 0 Å². The maximum atomic E-state index is 6.78. The summed E-state index contributed by atoms with van der Waals surface area (Å²) in [6.07, 6.45) is 11.9. The van der Waals surface area contributed by atoms with Crippen LogP contribution in [0.5, 0.6) is 5.75 Å². The van der Waals surface area contributed by atoms with Gasteiger partial charge in [-0.1, -0.05) is 127 Å². The molecule has 0 N–H and O–H groups in total. The molecule has 3 aliphatic rings. The fourth-order valence-corrected chi connectivity index (χ4v) is 9.57. The fraction of sp³-hybridized carbons (Fsp3) is 0.0545. The maximum absolute atomic E-state index is 6.78. The lowest BCUT2D eigenvalue weighted by Gasteiger charge is -2.42. The van der Waals surface area contributed by atoms with E-state index in [0.717, 1.165) is 103 Å². The summed E-state index contributed by atoms with van der Waals surface area (Å²) in [5.74, 6) is 3.58. The molecule has 7 nitrogen and oxygen atoms in total. The Morgan fingerprint density at radius 1 is 0.419 bits per heavy atom. The fourth-order valence-electron chi connectivity index (χ4n) is 9.57. The predicted octanol–water partition coefficient (Wildman–Crippen LogP) is 12.4. The van der Waals surface area contributed by atoms with E-state index >= 15 is 0 Å². The van der Waals surface area contributed by atoms with E-state index in [1.54, 1.807) is 0 Å². The number of nitrogens with zero attached hydrogens (tertiary/aromatic N) is 6. The first kappa shape index (κ1) is 35.8. The van der Waals surface area contributed by atoms with E-state index in [4.69, 9.17) is 29.7 Å². The van der Waals surface area contributed by atoms with E-state index in [-0.39, 0.29) is 0 Å². The van der Waals surface area contributed by atoms with Crippen molar-refractivity contribution in [2.24, 2.45) is 0 Å². The van der Waals surface area contributed by atoms with Crippen LogP contribution < -0.4 is 4.74 Å². The average molecular weight is 797 g/mol. The Bertz CT molecular complexity index is 2970. The molecule has 1 spiro atoms. The van der Waals surface area contributed by atoms with Crippen LogP contribution in [0.1, 0.15) is 29.5 Å². The molecule has 5 heterocycles. The van der Waals surface area contributed by atoms with E-state index in [9.17, 15) is 0 Å². The van der Waals surface area contributed by atoms with Crippen molar-refractivity contribution in [3.8, 4) is 84.8 Å². The van der Waals surface area contributed by atoms with Crippen molar-refractivity contribution in [1.82, 2.24) is 29.9 Å². The summed E-state index contributed by atoms with van der Waals surface area (Å²) in [7, 11) is 0. The first-order valence-electron chi connectivity index (χ1n) is 20.9. The molecule has 5 aromatic carbocycles. The van der Waals surface area contributed by atoms with Gasteiger partial charge in [0, 0.05) is 52.0 Å². The van der Waals surface area contributed by atoms with Crippen LogP contribution in [0.15, 0.2) is 206 Å². The molecule has 62 heavy (non-hydrogen) atoms. The van der Waals surface area contributed by atoms with Crippen molar-refractivity contribution in [2.45, 2.75) is 18.3 Å². The number of fused-ring (bicyclic) bond motifs is 9. The van der Waals surface area contributed by atoms with Gasteiger partial charge in [-0.25, -0.2) is 19.9 Å². The van der Waals surface area contributed by atoms with E-state index in [1.807, 2.05) is 85.3 Å². The highest BCUT2D eigenvalue weighted by atomic mass is 16.5. The van der Waals surface area contributed by atoms with Gasteiger partial charge in [-0.05, 0) is 94.8 Å². The van der Waals surface area contributed by atoms with Gasteiger partial charge in [-0.2, -0.15) is 0 Å². The van der Waals surface area contributed by atoms with Crippen LogP contribution in [-0.2, 0) is 5.41 Å². The molecule has 2 aliphatic carbocycles. The molecule has 9 aromatic rings. The lowest BCUT2D eigenvalue weighted by Crippen LogP contribution is -2.36. The minimum atomic E-state index is -0.694. The van der Waals surface area contributed by atoms with Crippen molar-refractivity contribution >= 4 is 0 Å². The third kappa shape index (κ3) is 5.66. The van der Waals surface area contributed by atoms with Crippen molar-refractivity contribution in [3.63, 3.8) is 0 Å². The first-order chi connectivity index (χ1) is 30.7. The molecule has 1 aliphatic heterocycles. The smallest absolute Gasteiger partial charge is 0.164 e. The largest absolute Gasteiger partial charge is 0.457 e. The zero-order valence-electron chi connectivity index (χ0n) is 33.5. The quantitative estimate of drug-likeness (QED) is 0.166. The lowest BCUT2D eigenvalue weighted by atomic mass is 9.64. The second-order valence-electron chi connectivity index (χ2n) is 15.7. The Hall–Kier alpha value is -8.16. The molecule has 0 fully saturated rings. The highest BCUT2D eigenvalue weighted by molar-refractivity contribution is 6.02. The number of hydrogen-bond donors (Lipinski definition) is 0. The van der Waals surface area contributed by atoms with E-state index in [1.165, 1.54) is 5.56 Å². The summed E-state index contributed by atoms with van der Waals surface area (Å²) < 4.78 is 6.78. The Kier molecular flexibility index (Phi) is 8.38.